The number of rotatable bonds is 4. The van der Waals surface area contributed by atoms with E-state index in [-0.39, 0.29) is 17.5 Å². The molecule has 0 aliphatic carbocycles. The minimum atomic E-state index is -0.409. The van der Waals surface area contributed by atoms with E-state index in [1.165, 1.54) is 6.07 Å². The zero-order chi connectivity index (χ0) is 12.1. The molecule has 6 heteroatoms. The van der Waals surface area contributed by atoms with Crippen LogP contribution >= 0.6 is 39.1 Å². The molecule has 0 saturated carbocycles. The highest BCUT2D eigenvalue weighted by atomic mass is 79.9. The van der Waals surface area contributed by atoms with E-state index in [0.717, 1.165) is 0 Å². The number of benzene rings is 1. The Kier molecular flexibility index (Phi) is 5.25. The van der Waals surface area contributed by atoms with Gasteiger partial charge in [-0.05, 0) is 18.2 Å². The van der Waals surface area contributed by atoms with Gasteiger partial charge in [0, 0.05) is 5.02 Å². The first-order chi connectivity index (χ1) is 7.52. The Morgan fingerprint density at radius 2 is 2.00 bits per heavy atom. The number of anilines is 1. The van der Waals surface area contributed by atoms with Crippen LogP contribution in [0.25, 0.3) is 0 Å². The van der Waals surface area contributed by atoms with Crippen molar-refractivity contribution < 1.29 is 9.59 Å². The van der Waals surface area contributed by atoms with Crippen molar-refractivity contribution in [1.82, 2.24) is 0 Å². The lowest BCUT2D eigenvalue weighted by molar-refractivity contribution is -0.123. The largest absolute Gasteiger partial charge is 0.324 e. The molecule has 0 fully saturated rings. The van der Waals surface area contributed by atoms with Gasteiger partial charge in [-0.15, -0.1) is 0 Å². The molecule has 0 spiro atoms. The molecule has 0 aromatic heterocycles. The summed E-state index contributed by atoms with van der Waals surface area (Å²) in [6.07, 6.45) is -0.186. The van der Waals surface area contributed by atoms with Crippen LogP contribution < -0.4 is 5.32 Å². The summed E-state index contributed by atoms with van der Waals surface area (Å²) < 4.78 is 0. The summed E-state index contributed by atoms with van der Waals surface area (Å²) in [5.41, 5.74) is 0.404. The molecule has 1 aromatic carbocycles. The normalized spacial score (nSPS) is 9.94. The first-order valence-electron chi connectivity index (χ1n) is 4.35. The number of alkyl halides is 1. The van der Waals surface area contributed by atoms with Gasteiger partial charge in [0.2, 0.25) is 5.91 Å². The summed E-state index contributed by atoms with van der Waals surface area (Å²) in [6, 6.07) is 4.72. The second kappa shape index (κ2) is 6.23. The van der Waals surface area contributed by atoms with Crippen molar-refractivity contribution >= 4 is 56.5 Å². The smallest absolute Gasteiger partial charge is 0.231 e. The fourth-order valence-electron chi connectivity index (χ4n) is 1.01. The number of hydrogen-bond acceptors (Lipinski definition) is 2. The molecule has 0 atom stereocenters. The van der Waals surface area contributed by atoms with Crippen LogP contribution in [0.15, 0.2) is 18.2 Å². The average Bonchev–Trinajstić information content (AvgIpc) is 2.23. The highest BCUT2D eigenvalue weighted by molar-refractivity contribution is 9.09. The van der Waals surface area contributed by atoms with Gasteiger partial charge >= 0.3 is 0 Å². The van der Waals surface area contributed by atoms with Gasteiger partial charge in [-0.25, -0.2) is 0 Å². The minimum Gasteiger partial charge on any atom is -0.324 e. The molecule has 0 saturated heterocycles. The Bertz CT molecular complexity index is 423. The molecular formula is C10H8BrCl2NO2. The van der Waals surface area contributed by atoms with Crippen molar-refractivity contribution in [3.63, 3.8) is 0 Å². The SMILES string of the molecule is O=C(CBr)CC(=O)Nc1cc(Cl)ccc1Cl. The third-order valence-electron chi connectivity index (χ3n) is 1.71. The van der Waals surface area contributed by atoms with Gasteiger partial charge in [-0.3, -0.25) is 9.59 Å². The van der Waals surface area contributed by atoms with Crippen LogP contribution in [0.5, 0.6) is 0 Å². The van der Waals surface area contributed by atoms with Crippen LogP contribution in [0, 0.1) is 0 Å². The van der Waals surface area contributed by atoms with Crippen LogP contribution in [0.1, 0.15) is 6.42 Å². The van der Waals surface area contributed by atoms with Crippen LogP contribution in [0.2, 0.25) is 10.0 Å². The number of carbonyl (C=O) groups is 2. The molecule has 0 bridgehead atoms. The second-order valence-electron chi connectivity index (χ2n) is 3.02. The molecular weight excluding hydrogens is 317 g/mol. The number of nitrogens with one attached hydrogen (secondary N) is 1. The Labute approximate surface area is 111 Å². The monoisotopic (exact) mass is 323 g/mol. The average molecular weight is 325 g/mol. The van der Waals surface area contributed by atoms with E-state index in [9.17, 15) is 9.59 Å². The van der Waals surface area contributed by atoms with Crippen LogP contribution in [0.3, 0.4) is 0 Å². The quantitative estimate of drug-likeness (QED) is 0.682. The zero-order valence-electron chi connectivity index (χ0n) is 8.10. The molecule has 16 heavy (non-hydrogen) atoms. The third-order valence-corrected chi connectivity index (χ3v) is 2.90. The Balaban J connectivity index is 2.69. The summed E-state index contributed by atoms with van der Waals surface area (Å²) >= 11 is 14.6. The molecule has 1 aromatic rings. The maximum Gasteiger partial charge on any atom is 0.231 e. The lowest BCUT2D eigenvalue weighted by atomic mass is 10.2. The van der Waals surface area contributed by atoms with Crippen molar-refractivity contribution in [2.24, 2.45) is 0 Å². The molecule has 1 N–H and O–H groups in total. The van der Waals surface area contributed by atoms with Gasteiger partial charge in [0.05, 0.1) is 22.5 Å². The van der Waals surface area contributed by atoms with Crippen LogP contribution in [-0.2, 0) is 9.59 Å². The maximum atomic E-state index is 11.4. The molecule has 86 valence electrons. The van der Waals surface area contributed by atoms with Crippen molar-refractivity contribution in [1.29, 1.82) is 0 Å². The fourth-order valence-corrected chi connectivity index (χ4v) is 1.55. The summed E-state index contributed by atoms with van der Waals surface area (Å²) in [6.45, 7) is 0. The third kappa shape index (κ3) is 4.12. The van der Waals surface area contributed by atoms with E-state index in [1.807, 2.05) is 0 Å². The Morgan fingerprint density at radius 1 is 1.31 bits per heavy atom. The summed E-state index contributed by atoms with van der Waals surface area (Å²) in [4.78, 5) is 22.4. The van der Waals surface area contributed by atoms with Gasteiger partial charge < -0.3 is 5.32 Å². The van der Waals surface area contributed by atoms with E-state index in [0.29, 0.717) is 15.7 Å². The minimum absolute atomic E-state index is 0.156. The van der Waals surface area contributed by atoms with E-state index in [2.05, 4.69) is 21.2 Å². The Hall–Kier alpha value is -0.580. The number of carbonyl (C=O) groups excluding carboxylic acids is 2. The zero-order valence-corrected chi connectivity index (χ0v) is 11.2. The van der Waals surface area contributed by atoms with Gasteiger partial charge in [0.25, 0.3) is 0 Å². The number of hydrogen-bond donors (Lipinski definition) is 1. The van der Waals surface area contributed by atoms with Crippen LogP contribution in [-0.4, -0.2) is 17.0 Å². The predicted molar refractivity (Wildman–Crippen MR) is 68.5 cm³/mol. The predicted octanol–water partition coefficient (Wildman–Crippen LogP) is 3.29. The Morgan fingerprint density at radius 3 is 2.62 bits per heavy atom. The topological polar surface area (TPSA) is 46.2 Å². The number of amides is 1. The lowest BCUT2D eigenvalue weighted by Gasteiger charge is -2.06. The maximum absolute atomic E-state index is 11.4. The molecule has 1 rings (SSSR count). The van der Waals surface area contributed by atoms with Gasteiger partial charge in [0.1, 0.15) is 0 Å². The fraction of sp³-hybridized carbons (Fsp3) is 0.200. The molecule has 0 aliphatic rings. The van der Waals surface area contributed by atoms with Crippen molar-refractivity contribution in [2.75, 3.05) is 10.6 Å². The van der Waals surface area contributed by atoms with Crippen molar-refractivity contribution in [3.8, 4) is 0 Å². The van der Waals surface area contributed by atoms with E-state index in [4.69, 9.17) is 23.2 Å². The molecule has 0 radical (unpaired) electrons. The van der Waals surface area contributed by atoms with Gasteiger partial charge in [-0.2, -0.15) is 0 Å². The molecule has 0 heterocycles. The second-order valence-corrected chi connectivity index (χ2v) is 4.43. The van der Waals surface area contributed by atoms with Gasteiger partial charge in [-0.1, -0.05) is 39.1 Å². The van der Waals surface area contributed by atoms with Gasteiger partial charge in [0.15, 0.2) is 5.78 Å². The molecule has 3 nitrogen and oxygen atoms in total. The number of Topliss-reactive ketones (excluding diaryl/α,β-unsaturated/α-hetero) is 1. The standard InChI is InChI=1S/C10H8BrCl2NO2/c11-5-7(15)4-10(16)14-9-3-6(12)1-2-8(9)13/h1-3H,4-5H2,(H,14,16). The highest BCUT2D eigenvalue weighted by Gasteiger charge is 2.10. The molecule has 1 amide bonds. The summed E-state index contributed by atoms with van der Waals surface area (Å²) in [5.74, 6) is -0.607. The number of halogens is 3. The first kappa shape index (κ1) is 13.5. The van der Waals surface area contributed by atoms with E-state index >= 15 is 0 Å². The van der Waals surface area contributed by atoms with Crippen LogP contribution in [0.4, 0.5) is 5.69 Å². The van der Waals surface area contributed by atoms with E-state index in [1.54, 1.807) is 12.1 Å². The molecule has 0 aliphatic heterocycles. The lowest BCUT2D eigenvalue weighted by Crippen LogP contribution is -2.17. The molecule has 0 unspecified atom stereocenters. The first-order valence-corrected chi connectivity index (χ1v) is 6.23. The number of ketones is 1. The van der Waals surface area contributed by atoms with Crippen molar-refractivity contribution in [3.05, 3.63) is 28.2 Å². The van der Waals surface area contributed by atoms with Crippen molar-refractivity contribution in [2.45, 2.75) is 6.42 Å². The summed E-state index contributed by atoms with van der Waals surface area (Å²) in [7, 11) is 0. The van der Waals surface area contributed by atoms with E-state index < -0.39 is 5.91 Å². The summed E-state index contributed by atoms with van der Waals surface area (Å²) in [5, 5.41) is 3.52. The highest BCUT2D eigenvalue weighted by Crippen LogP contribution is 2.25.